The van der Waals surface area contributed by atoms with E-state index in [4.69, 9.17) is 0 Å². The predicted molar refractivity (Wildman–Crippen MR) is 118 cm³/mol. The minimum absolute atomic E-state index is 0.103. The van der Waals surface area contributed by atoms with E-state index < -0.39 is 12.1 Å². The lowest BCUT2D eigenvalue weighted by Crippen LogP contribution is -2.53. The second-order valence-corrected chi connectivity index (χ2v) is 9.50. The molecule has 2 aromatic rings. The number of rotatable bonds is 4. The lowest BCUT2D eigenvalue weighted by molar-refractivity contribution is -0.144. The first-order chi connectivity index (χ1) is 15.5. The Labute approximate surface area is 189 Å². The summed E-state index contributed by atoms with van der Waals surface area (Å²) in [5.74, 6) is -0.761. The lowest BCUT2D eigenvalue weighted by atomic mass is 10.1. The number of nitrogens with zero attached hydrogens (tertiary/aromatic N) is 2. The van der Waals surface area contributed by atoms with Crippen molar-refractivity contribution in [3.05, 3.63) is 58.3 Å². The van der Waals surface area contributed by atoms with Crippen molar-refractivity contribution >= 4 is 35.0 Å². The number of amides is 4. The molecule has 0 unspecified atom stereocenters. The van der Waals surface area contributed by atoms with Crippen LogP contribution in [0.3, 0.4) is 0 Å². The lowest BCUT2D eigenvalue weighted by Gasteiger charge is -2.29. The van der Waals surface area contributed by atoms with Crippen LogP contribution in [0.4, 0.5) is 0 Å². The molecular formula is C23H24N4O4S. The summed E-state index contributed by atoms with van der Waals surface area (Å²) in [5.41, 5.74) is 0.534. The molecule has 8 nitrogen and oxygen atoms in total. The van der Waals surface area contributed by atoms with Crippen molar-refractivity contribution in [3.63, 3.8) is 0 Å². The number of carbonyl (C=O) groups excluding carboxylic acids is 4. The summed E-state index contributed by atoms with van der Waals surface area (Å²) in [6.45, 7) is 0.698. The summed E-state index contributed by atoms with van der Waals surface area (Å²) in [7, 11) is 0. The van der Waals surface area contributed by atoms with Crippen LogP contribution in [0.25, 0.3) is 0 Å². The molecule has 5 rings (SSSR count). The SMILES string of the molecule is O=C(N[C@@H]1C[C@H]2C(=O)N[C@@H]3CCN(C(=O)Cc4cccs4)[C@@H]3C(=O)N2C1)c1ccccc1. The van der Waals surface area contributed by atoms with Gasteiger partial charge in [-0.3, -0.25) is 19.2 Å². The van der Waals surface area contributed by atoms with E-state index in [9.17, 15) is 19.2 Å². The van der Waals surface area contributed by atoms with Crippen LogP contribution in [0.15, 0.2) is 47.8 Å². The molecular weight excluding hydrogens is 428 g/mol. The fourth-order valence-corrected chi connectivity index (χ4v) is 5.63. The molecule has 1 aromatic heterocycles. The first kappa shape index (κ1) is 20.7. The summed E-state index contributed by atoms with van der Waals surface area (Å²) in [6, 6.07) is 10.6. The van der Waals surface area contributed by atoms with E-state index >= 15 is 0 Å². The summed E-state index contributed by atoms with van der Waals surface area (Å²) in [4.78, 5) is 56.0. The molecule has 3 saturated heterocycles. The van der Waals surface area contributed by atoms with Gasteiger partial charge < -0.3 is 20.4 Å². The molecule has 3 aliphatic rings. The van der Waals surface area contributed by atoms with Crippen molar-refractivity contribution in [2.45, 2.75) is 43.4 Å². The smallest absolute Gasteiger partial charge is 0.251 e. The summed E-state index contributed by atoms with van der Waals surface area (Å²) in [5, 5.41) is 7.85. The molecule has 1 aromatic carbocycles. The van der Waals surface area contributed by atoms with E-state index in [1.807, 2.05) is 23.6 Å². The molecule has 3 fully saturated rings. The van der Waals surface area contributed by atoms with Crippen molar-refractivity contribution in [3.8, 4) is 0 Å². The third kappa shape index (κ3) is 3.77. The van der Waals surface area contributed by atoms with E-state index in [-0.39, 0.29) is 48.7 Å². The first-order valence-electron chi connectivity index (χ1n) is 10.8. The fourth-order valence-electron chi connectivity index (χ4n) is 4.93. The van der Waals surface area contributed by atoms with Crippen LogP contribution in [0.1, 0.15) is 28.1 Å². The van der Waals surface area contributed by atoms with E-state index in [2.05, 4.69) is 10.6 Å². The van der Waals surface area contributed by atoms with Crippen LogP contribution < -0.4 is 10.6 Å². The summed E-state index contributed by atoms with van der Waals surface area (Å²) >= 11 is 1.51. The zero-order valence-electron chi connectivity index (χ0n) is 17.4. The van der Waals surface area contributed by atoms with E-state index in [0.29, 0.717) is 24.9 Å². The molecule has 4 heterocycles. The highest BCUT2D eigenvalue weighted by atomic mass is 32.1. The molecule has 2 N–H and O–H groups in total. The van der Waals surface area contributed by atoms with Crippen LogP contribution >= 0.6 is 11.3 Å². The zero-order chi connectivity index (χ0) is 22.2. The Hall–Kier alpha value is -3.20. The second kappa shape index (κ2) is 8.38. The van der Waals surface area contributed by atoms with Gasteiger partial charge in [0.1, 0.15) is 12.1 Å². The van der Waals surface area contributed by atoms with Crippen molar-refractivity contribution in [1.29, 1.82) is 0 Å². The monoisotopic (exact) mass is 452 g/mol. The van der Waals surface area contributed by atoms with Gasteiger partial charge >= 0.3 is 0 Å². The van der Waals surface area contributed by atoms with Crippen LogP contribution in [-0.2, 0) is 20.8 Å². The maximum Gasteiger partial charge on any atom is 0.251 e. The Morgan fingerprint density at radius 3 is 2.69 bits per heavy atom. The van der Waals surface area contributed by atoms with Gasteiger partial charge in [0.2, 0.25) is 17.7 Å². The van der Waals surface area contributed by atoms with Crippen LogP contribution in [0.5, 0.6) is 0 Å². The third-order valence-electron chi connectivity index (χ3n) is 6.46. The molecule has 3 aliphatic heterocycles. The predicted octanol–water partition coefficient (Wildman–Crippen LogP) is 0.789. The number of thiophene rings is 1. The second-order valence-electron chi connectivity index (χ2n) is 8.47. The van der Waals surface area contributed by atoms with E-state index in [0.717, 1.165) is 4.88 Å². The van der Waals surface area contributed by atoms with Gasteiger partial charge in [0, 0.05) is 29.6 Å². The Morgan fingerprint density at radius 2 is 1.94 bits per heavy atom. The van der Waals surface area contributed by atoms with Gasteiger partial charge in [0.05, 0.1) is 12.5 Å². The van der Waals surface area contributed by atoms with Crippen molar-refractivity contribution in [1.82, 2.24) is 20.4 Å². The first-order valence-corrected chi connectivity index (χ1v) is 11.7. The number of hydrogen-bond donors (Lipinski definition) is 2. The maximum absolute atomic E-state index is 13.5. The fraction of sp³-hybridized carbons (Fsp3) is 0.391. The average Bonchev–Trinajstić information content (AvgIpc) is 3.52. The molecule has 0 bridgehead atoms. The number of likely N-dealkylation sites (tertiary alicyclic amines) is 1. The molecule has 166 valence electrons. The third-order valence-corrected chi connectivity index (χ3v) is 7.34. The molecule has 0 radical (unpaired) electrons. The number of benzene rings is 1. The highest BCUT2D eigenvalue weighted by Crippen LogP contribution is 2.30. The highest BCUT2D eigenvalue weighted by Gasteiger charge is 2.52. The van der Waals surface area contributed by atoms with Gasteiger partial charge in [-0.25, -0.2) is 0 Å². The zero-order valence-corrected chi connectivity index (χ0v) is 18.2. The Bertz CT molecular complexity index is 1040. The van der Waals surface area contributed by atoms with Crippen LogP contribution in [-0.4, -0.2) is 70.7 Å². The van der Waals surface area contributed by atoms with Crippen molar-refractivity contribution in [2.24, 2.45) is 0 Å². The molecule has 9 heteroatoms. The topological polar surface area (TPSA) is 98.8 Å². The molecule has 0 saturated carbocycles. The normalized spacial score (nSPS) is 26.9. The number of hydrogen-bond acceptors (Lipinski definition) is 5. The van der Waals surface area contributed by atoms with E-state index in [1.54, 1.807) is 34.1 Å². The van der Waals surface area contributed by atoms with Gasteiger partial charge in [-0.2, -0.15) is 0 Å². The standard InChI is InChI=1S/C23H24N4O4S/c28-19(12-16-7-4-10-32-16)26-9-8-17-20(26)23(31)27-13-15(11-18(27)22(30)25-17)24-21(29)14-5-2-1-3-6-14/h1-7,10,15,17-18,20H,8-9,11-13H2,(H,24,29)(H,25,30)/t15-,17-,18+,20+/m1/s1. The number of nitrogens with one attached hydrogen (secondary N) is 2. The van der Waals surface area contributed by atoms with Crippen molar-refractivity contribution < 1.29 is 19.2 Å². The Morgan fingerprint density at radius 1 is 1.12 bits per heavy atom. The average molecular weight is 453 g/mol. The number of fused-ring (bicyclic) bond motifs is 2. The van der Waals surface area contributed by atoms with Gasteiger partial charge in [0.25, 0.3) is 5.91 Å². The summed E-state index contributed by atoms with van der Waals surface area (Å²) < 4.78 is 0. The molecule has 0 spiro atoms. The van der Waals surface area contributed by atoms with Gasteiger partial charge in [-0.05, 0) is 36.4 Å². The van der Waals surface area contributed by atoms with Crippen molar-refractivity contribution in [2.75, 3.05) is 13.1 Å². The molecule has 0 aliphatic carbocycles. The van der Waals surface area contributed by atoms with Crippen LogP contribution in [0, 0.1) is 0 Å². The Balaban J connectivity index is 1.31. The quantitative estimate of drug-likeness (QED) is 0.717. The Kier molecular flexibility index (Phi) is 5.42. The minimum Gasteiger partial charge on any atom is -0.349 e. The molecule has 4 amide bonds. The largest absolute Gasteiger partial charge is 0.349 e. The number of carbonyl (C=O) groups is 4. The van der Waals surface area contributed by atoms with Gasteiger partial charge in [-0.1, -0.05) is 24.3 Å². The van der Waals surface area contributed by atoms with Gasteiger partial charge in [0.15, 0.2) is 0 Å². The summed E-state index contributed by atoms with van der Waals surface area (Å²) in [6.07, 6.45) is 1.17. The van der Waals surface area contributed by atoms with Crippen LogP contribution in [0.2, 0.25) is 0 Å². The molecule has 32 heavy (non-hydrogen) atoms. The minimum atomic E-state index is -0.694. The van der Waals surface area contributed by atoms with Gasteiger partial charge in [-0.15, -0.1) is 11.3 Å². The molecule has 4 atom stereocenters. The highest BCUT2D eigenvalue weighted by molar-refractivity contribution is 7.10. The van der Waals surface area contributed by atoms with E-state index in [1.165, 1.54) is 11.3 Å². The maximum atomic E-state index is 13.5.